The summed E-state index contributed by atoms with van der Waals surface area (Å²) >= 11 is 0. The van der Waals surface area contributed by atoms with Crippen LogP contribution in [-0.4, -0.2) is 39.0 Å². The Balaban J connectivity index is 1.94. The Hall–Kier alpha value is -1.17. The Labute approximate surface area is 140 Å². The minimum Gasteiger partial charge on any atom is -0.377 e. The smallest absolute Gasteiger partial charge is 0.243 e. The SMILES string of the molecule is C=CCOCC1CCN(S(=O)(=O)c2ccc(CCC)cc2)CC1. The Morgan fingerprint density at radius 1 is 1.26 bits per heavy atom. The van der Waals surface area contributed by atoms with E-state index in [9.17, 15) is 8.42 Å². The van der Waals surface area contributed by atoms with E-state index in [1.165, 1.54) is 5.56 Å². The van der Waals surface area contributed by atoms with Crippen LogP contribution in [0, 0.1) is 5.92 Å². The fourth-order valence-corrected chi connectivity index (χ4v) is 4.37. The maximum Gasteiger partial charge on any atom is 0.243 e. The predicted octanol–water partition coefficient (Wildman–Crippen LogP) is 3.24. The van der Waals surface area contributed by atoms with Gasteiger partial charge in [0, 0.05) is 19.7 Å². The van der Waals surface area contributed by atoms with Gasteiger partial charge in [-0.15, -0.1) is 6.58 Å². The highest BCUT2D eigenvalue weighted by molar-refractivity contribution is 7.89. The highest BCUT2D eigenvalue weighted by atomic mass is 32.2. The molecule has 4 nitrogen and oxygen atoms in total. The van der Waals surface area contributed by atoms with Gasteiger partial charge in [-0.3, -0.25) is 0 Å². The molecule has 1 aliphatic rings. The van der Waals surface area contributed by atoms with Crippen LogP contribution in [0.1, 0.15) is 31.7 Å². The molecule has 0 bridgehead atoms. The van der Waals surface area contributed by atoms with E-state index in [1.54, 1.807) is 22.5 Å². The first-order chi connectivity index (χ1) is 11.1. The molecule has 1 fully saturated rings. The topological polar surface area (TPSA) is 46.6 Å². The third kappa shape index (κ3) is 4.90. The first-order valence-corrected chi connectivity index (χ1v) is 9.79. The maximum atomic E-state index is 12.7. The van der Waals surface area contributed by atoms with Crippen LogP contribution >= 0.6 is 0 Å². The van der Waals surface area contributed by atoms with Crippen LogP contribution in [0.3, 0.4) is 0 Å². The Morgan fingerprint density at radius 3 is 2.48 bits per heavy atom. The van der Waals surface area contributed by atoms with Gasteiger partial charge in [0.15, 0.2) is 0 Å². The van der Waals surface area contributed by atoms with Gasteiger partial charge in [0.1, 0.15) is 0 Å². The molecule has 1 saturated heterocycles. The molecule has 0 radical (unpaired) electrons. The summed E-state index contributed by atoms with van der Waals surface area (Å²) in [5.74, 6) is 0.438. The molecule has 2 rings (SSSR count). The van der Waals surface area contributed by atoms with Gasteiger partial charge in [-0.2, -0.15) is 4.31 Å². The molecule has 1 heterocycles. The number of nitrogens with zero attached hydrogens (tertiary/aromatic N) is 1. The number of rotatable bonds is 8. The minimum absolute atomic E-state index is 0.402. The van der Waals surface area contributed by atoms with Crippen molar-refractivity contribution in [3.8, 4) is 0 Å². The average Bonchev–Trinajstić information content (AvgIpc) is 2.56. The summed E-state index contributed by atoms with van der Waals surface area (Å²) in [5.41, 5.74) is 1.18. The standard InChI is InChI=1S/C18H27NO3S/c1-3-5-16-6-8-18(9-7-16)23(20,21)19-12-10-17(11-13-19)15-22-14-4-2/h4,6-9,17H,2-3,5,10-15H2,1H3. The van der Waals surface area contributed by atoms with Gasteiger partial charge in [0.25, 0.3) is 0 Å². The fraction of sp³-hybridized carbons (Fsp3) is 0.556. The van der Waals surface area contributed by atoms with Crippen LogP contribution in [0.4, 0.5) is 0 Å². The number of ether oxygens (including phenoxy) is 1. The third-order valence-corrected chi connectivity index (χ3v) is 6.18. The van der Waals surface area contributed by atoms with E-state index in [0.29, 0.717) is 37.1 Å². The first kappa shape index (κ1) is 18.2. The number of sulfonamides is 1. The summed E-state index contributed by atoms with van der Waals surface area (Å²) in [6.07, 6.45) is 5.49. The fourth-order valence-electron chi connectivity index (χ4n) is 2.90. The Bertz CT molecular complexity index is 587. The molecule has 1 aromatic carbocycles. The zero-order valence-electron chi connectivity index (χ0n) is 13.9. The van der Waals surface area contributed by atoms with Crippen LogP contribution < -0.4 is 0 Å². The van der Waals surface area contributed by atoms with Crippen LogP contribution in [0.5, 0.6) is 0 Å². The summed E-state index contributed by atoms with van der Waals surface area (Å²) in [6.45, 7) is 8.13. The van der Waals surface area contributed by atoms with Crippen molar-refractivity contribution in [1.82, 2.24) is 4.31 Å². The normalized spacial score (nSPS) is 17.3. The zero-order chi connectivity index (χ0) is 16.7. The molecule has 0 N–H and O–H groups in total. The Morgan fingerprint density at radius 2 is 1.91 bits per heavy atom. The van der Waals surface area contributed by atoms with Crippen molar-refractivity contribution < 1.29 is 13.2 Å². The monoisotopic (exact) mass is 337 g/mol. The summed E-state index contributed by atoms with van der Waals surface area (Å²) in [4.78, 5) is 0.402. The van der Waals surface area contributed by atoms with Crippen molar-refractivity contribution in [2.45, 2.75) is 37.5 Å². The quantitative estimate of drug-likeness (QED) is 0.540. The molecule has 0 atom stereocenters. The van der Waals surface area contributed by atoms with E-state index in [0.717, 1.165) is 25.7 Å². The highest BCUT2D eigenvalue weighted by Gasteiger charge is 2.29. The van der Waals surface area contributed by atoms with Gasteiger partial charge in [0.05, 0.1) is 11.5 Å². The van der Waals surface area contributed by atoms with E-state index >= 15 is 0 Å². The van der Waals surface area contributed by atoms with Crippen LogP contribution in [-0.2, 0) is 21.2 Å². The molecule has 0 saturated carbocycles. The van der Waals surface area contributed by atoms with Crippen LogP contribution in [0.2, 0.25) is 0 Å². The first-order valence-electron chi connectivity index (χ1n) is 8.35. The van der Waals surface area contributed by atoms with E-state index in [4.69, 9.17) is 4.74 Å². The lowest BCUT2D eigenvalue weighted by molar-refractivity contribution is 0.0982. The molecule has 0 aromatic heterocycles. The van der Waals surface area contributed by atoms with Gasteiger partial charge in [-0.25, -0.2) is 8.42 Å². The molecular weight excluding hydrogens is 310 g/mol. The summed E-state index contributed by atoms with van der Waals surface area (Å²) in [7, 11) is -3.37. The van der Waals surface area contributed by atoms with E-state index in [2.05, 4.69) is 13.5 Å². The Kier molecular flexibility index (Phi) is 6.81. The van der Waals surface area contributed by atoms with Crippen molar-refractivity contribution in [2.24, 2.45) is 5.92 Å². The summed E-state index contributed by atoms with van der Waals surface area (Å²) in [5, 5.41) is 0. The van der Waals surface area contributed by atoms with E-state index < -0.39 is 10.0 Å². The van der Waals surface area contributed by atoms with E-state index in [1.807, 2.05) is 12.1 Å². The lowest BCUT2D eigenvalue weighted by Gasteiger charge is -2.31. The molecule has 23 heavy (non-hydrogen) atoms. The third-order valence-electron chi connectivity index (χ3n) is 4.26. The van der Waals surface area contributed by atoms with Gasteiger partial charge in [-0.05, 0) is 42.9 Å². The van der Waals surface area contributed by atoms with Gasteiger partial charge >= 0.3 is 0 Å². The molecular formula is C18H27NO3S. The molecule has 0 amide bonds. The molecule has 1 aromatic rings. The van der Waals surface area contributed by atoms with Crippen molar-refractivity contribution in [3.05, 3.63) is 42.5 Å². The number of hydrogen-bond donors (Lipinski definition) is 0. The van der Waals surface area contributed by atoms with Crippen molar-refractivity contribution in [1.29, 1.82) is 0 Å². The van der Waals surface area contributed by atoms with Gasteiger partial charge in [0.2, 0.25) is 10.0 Å². The van der Waals surface area contributed by atoms with Crippen LogP contribution in [0.15, 0.2) is 41.8 Å². The summed E-state index contributed by atoms with van der Waals surface area (Å²) < 4.78 is 32.5. The highest BCUT2D eigenvalue weighted by Crippen LogP contribution is 2.24. The molecule has 1 aliphatic heterocycles. The number of hydrogen-bond acceptors (Lipinski definition) is 3. The van der Waals surface area contributed by atoms with Crippen molar-refractivity contribution in [2.75, 3.05) is 26.3 Å². The number of aryl methyl sites for hydroxylation is 1. The summed E-state index contributed by atoms with van der Waals surface area (Å²) in [6, 6.07) is 7.32. The van der Waals surface area contributed by atoms with Gasteiger partial charge < -0.3 is 4.74 Å². The number of benzene rings is 1. The molecule has 0 spiro atoms. The molecule has 5 heteroatoms. The lowest BCUT2D eigenvalue weighted by Crippen LogP contribution is -2.39. The second-order valence-corrected chi connectivity index (χ2v) is 8.01. The second kappa shape index (κ2) is 8.62. The molecule has 0 aliphatic carbocycles. The lowest BCUT2D eigenvalue weighted by atomic mass is 9.99. The van der Waals surface area contributed by atoms with Crippen LogP contribution in [0.25, 0.3) is 0 Å². The average molecular weight is 337 g/mol. The zero-order valence-corrected chi connectivity index (χ0v) is 14.7. The second-order valence-electron chi connectivity index (χ2n) is 6.07. The predicted molar refractivity (Wildman–Crippen MR) is 92.9 cm³/mol. The van der Waals surface area contributed by atoms with E-state index in [-0.39, 0.29) is 0 Å². The van der Waals surface area contributed by atoms with Crippen molar-refractivity contribution >= 4 is 10.0 Å². The molecule has 128 valence electrons. The largest absolute Gasteiger partial charge is 0.377 e. The minimum atomic E-state index is -3.37. The van der Waals surface area contributed by atoms with Crippen molar-refractivity contribution in [3.63, 3.8) is 0 Å². The number of piperidine rings is 1. The molecule has 0 unspecified atom stereocenters. The maximum absolute atomic E-state index is 12.7. The van der Waals surface area contributed by atoms with Gasteiger partial charge in [-0.1, -0.05) is 31.6 Å².